The Morgan fingerprint density at radius 2 is 2.06 bits per heavy atom. The topological polar surface area (TPSA) is 52.0 Å². The average Bonchev–Trinajstić information content (AvgIpc) is 2.64. The molecule has 0 unspecified atom stereocenters. The second-order valence-electron chi connectivity index (χ2n) is 4.17. The first-order chi connectivity index (χ1) is 7.47. The summed E-state index contributed by atoms with van der Waals surface area (Å²) in [7, 11) is 0. The first kappa shape index (κ1) is 10.7. The van der Waals surface area contributed by atoms with Crippen molar-refractivity contribution in [2.45, 2.75) is 19.5 Å². The van der Waals surface area contributed by atoms with Crippen molar-refractivity contribution in [2.75, 3.05) is 5.73 Å². The van der Waals surface area contributed by atoms with Gasteiger partial charge in [-0.2, -0.15) is 0 Å². The maximum Gasteiger partial charge on any atom is 0.222 e. The molecule has 2 N–H and O–H groups in total. The number of nitrogens with two attached hydrogens (primary N) is 1. The van der Waals surface area contributed by atoms with Gasteiger partial charge in [-0.15, -0.1) is 0 Å². The van der Waals surface area contributed by atoms with E-state index in [2.05, 4.69) is 5.16 Å². The first-order valence-electron chi connectivity index (χ1n) is 4.99. The number of rotatable bonds is 2. The van der Waals surface area contributed by atoms with Crippen LogP contribution < -0.4 is 5.73 Å². The van der Waals surface area contributed by atoms with E-state index >= 15 is 0 Å². The molecule has 0 spiro atoms. The highest BCUT2D eigenvalue weighted by atomic mass is 19.1. The minimum Gasteiger partial charge on any atom is -0.368 e. The van der Waals surface area contributed by atoms with E-state index in [1.54, 1.807) is 24.3 Å². The van der Waals surface area contributed by atoms with Crippen molar-refractivity contribution in [3.05, 3.63) is 35.9 Å². The van der Waals surface area contributed by atoms with E-state index in [9.17, 15) is 4.39 Å². The summed E-state index contributed by atoms with van der Waals surface area (Å²) in [4.78, 5) is 0. The van der Waals surface area contributed by atoms with Gasteiger partial charge in [0, 0.05) is 11.6 Å². The molecule has 16 heavy (non-hydrogen) atoms. The second kappa shape index (κ2) is 3.63. The molecular formula is C12H13FN2O. The van der Waals surface area contributed by atoms with Gasteiger partial charge < -0.3 is 10.3 Å². The first-order valence-corrected chi connectivity index (χ1v) is 4.99. The van der Waals surface area contributed by atoms with Crippen LogP contribution in [-0.2, 0) is 5.67 Å². The molecule has 4 heteroatoms. The lowest BCUT2D eigenvalue weighted by molar-refractivity contribution is 0.221. The highest BCUT2D eigenvalue weighted by Crippen LogP contribution is 2.28. The summed E-state index contributed by atoms with van der Waals surface area (Å²) in [5, 5.41) is 3.79. The highest BCUT2D eigenvalue weighted by molar-refractivity contribution is 5.62. The van der Waals surface area contributed by atoms with Crippen LogP contribution in [0.15, 0.2) is 34.9 Å². The van der Waals surface area contributed by atoms with Gasteiger partial charge in [0.05, 0.1) is 0 Å². The smallest absolute Gasteiger partial charge is 0.222 e. The van der Waals surface area contributed by atoms with E-state index < -0.39 is 5.67 Å². The van der Waals surface area contributed by atoms with E-state index in [1.165, 1.54) is 13.8 Å². The molecular weight excluding hydrogens is 207 g/mol. The predicted octanol–water partition coefficient (Wildman–Crippen LogP) is 3.13. The lowest BCUT2D eigenvalue weighted by Gasteiger charge is -2.14. The van der Waals surface area contributed by atoms with Crippen molar-refractivity contribution in [3.8, 4) is 11.3 Å². The number of alkyl halides is 1. The van der Waals surface area contributed by atoms with Gasteiger partial charge in [-0.3, -0.25) is 0 Å². The van der Waals surface area contributed by atoms with E-state index in [4.69, 9.17) is 10.3 Å². The summed E-state index contributed by atoms with van der Waals surface area (Å²) < 4.78 is 18.5. The third-order valence-electron chi connectivity index (χ3n) is 2.37. The molecule has 2 aromatic rings. The van der Waals surface area contributed by atoms with Crippen molar-refractivity contribution in [3.63, 3.8) is 0 Å². The Bertz CT molecular complexity index is 500. The molecule has 0 aliphatic carbocycles. The zero-order valence-electron chi connectivity index (χ0n) is 9.20. The van der Waals surface area contributed by atoms with E-state index in [0.29, 0.717) is 11.3 Å². The largest absolute Gasteiger partial charge is 0.368 e. The SMILES string of the molecule is CC(C)(F)c1cccc(-c2cc(N)on2)c1. The van der Waals surface area contributed by atoms with E-state index in [0.717, 1.165) is 5.56 Å². The molecule has 1 heterocycles. The van der Waals surface area contributed by atoms with Gasteiger partial charge in [-0.1, -0.05) is 23.4 Å². The summed E-state index contributed by atoms with van der Waals surface area (Å²) in [6, 6.07) is 8.73. The Balaban J connectivity index is 2.44. The fourth-order valence-corrected chi connectivity index (χ4v) is 1.47. The third-order valence-corrected chi connectivity index (χ3v) is 2.37. The minimum absolute atomic E-state index is 0.250. The summed E-state index contributed by atoms with van der Waals surface area (Å²) in [6.07, 6.45) is 0. The van der Waals surface area contributed by atoms with Gasteiger partial charge in [0.25, 0.3) is 0 Å². The summed E-state index contributed by atoms with van der Waals surface area (Å²) in [5.41, 5.74) is 6.08. The molecule has 0 aliphatic rings. The van der Waals surface area contributed by atoms with Crippen LogP contribution in [0.3, 0.4) is 0 Å². The molecule has 1 aromatic heterocycles. The fourth-order valence-electron chi connectivity index (χ4n) is 1.47. The predicted molar refractivity (Wildman–Crippen MR) is 60.5 cm³/mol. The lowest BCUT2D eigenvalue weighted by Crippen LogP contribution is -2.08. The number of benzene rings is 1. The van der Waals surface area contributed by atoms with Gasteiger partial charge in [-0.05, 0) is 25.5 Å². The van der Waals surface area contributed by atoms with Gasteiger partial charge in [0.15, 0.2) is 0 Å². The standard InChI is InChI=1S/C12H13FN2O/c1-12(2,13)9-5-3-4-8(6-9)10-7-11(14)16-15-10/h3-7H,14H2,1-2H3. The molecule has 0 fully saturated rings. The number of anilines is 1. The van der Waals surface area contributed by atoms with Gasteiger partial charge >= 0.3 is 0 Å². The third kappa shape index (κ3) is 2.05. The Kier molecular flexibility index (Phi) is 2.42. The summed E-state index contributed by atoms with van der Waals surface area (Å²) in [5.74, 6) is 0.250. The molecule has 0 radical (unpaired) electrons. The molecule has 0 bridgehead atoms. The average molecular weight is 220 g/mol. The maximum atomic E-state index is 13.8. The molecule has 0 amide bonds. The highest BCUT2D eigenvalue weighted by Gasteiger charge is 2.19. The maximum absolute atomic E-state index is 13.8. The van der Waals surface area contributed by atoms with Gasteiger partial charge in [0.1, 0.15) is 11.4 Å². The molecule has 0 saturated heterocycles. The van der Waals surface area contributed by atoms with Crippen molar-refractivity contribution in [1.29, 1.82) is 0 Å². The van der Waals surface area contributed by atoms with Crippen molar-refractivity contribution in [1.82, 2.24) is 5.16 Å². The Labute approximate surface area is 93.1 Å². The van der Waals surface area contributed by atoms with Crippen LogP contribution in [0.2, 0.25) is 0 Å². The number of nitrogens with zero attached hydrogens (tertiary/aromatic N) is 1. The molecule has 2 rings (SSSR count). The lowest BCUT2D eigenvalue weighted by atomic mass is 9.97. The number of nitrogen functional groups attached to an aromatic ring is 1. The molecule has 0 aliphatic heterocycles. The van der Waals surface area contributed by atoms with Crippen LogP contribution in [0, 0.1) is 0 Å². The Hall–Kier alpha value is -1.84. The van der Waals surface area contributed by atoms with Crippen molar-refractivity contribution in [2.24, 2.45) is 0 Å². The van der Waals surface area contributed by atoms with Crippen LogP contribution in [0.5, 0.6) is 0 Å². The van der Waals surface area contributed by atoms with Crippen LogP contribution in [0.1, 0.15) is 19.4 Å². The van der Waals surface area contributed by atoms with Gasteiger partial charge in [-0.25, -0.2) is 4.39 Å². The quantitative estimate of drug-likeness (QED) is 0.845. The molecule has 3 nitrogen and oxygen atoms in total. The summed E-state index contributed by atoms with van der Waals surface area (Å²) >= 11 is 0. The molecule has 0 saturated carbocycles. The molecule has 84 valence electrons. The molecule has 0 atom stereocenters. The van der Waals surface area contributed by atoms with E-state index in [1.807, 2.05) is 6.07 Å². The van der Waals surface area contributed by atoms with E-state index in [-0.39, 0.29) is 5.88 Å². The normalized spacial score (nSPS) is 11.7. The molecule has 1 aromatic carbocycles. The van der Waals surface area contributed by atoms with Crippen molar-refractivity contribution < 1.29 is 8.91 Å². The van der Waals surface area contributed by atoms with Crippen LogP contribution in [0.25, 0.3) is 11.3 Å². The number of aromatic nitrogens is 1. The zero-order chi connectivity index (χ0) is 11.8. The van der Waals surface area contributed by atoms with Crippen LogP contribution in [-0.4, -0.2) is 5.16 Å². The summed E-state index contributed by atoms with van der Waals surface area (Å²) in [6.45, 7) is 3.03. The minimum atomic E-state index is -1.37. The van der Waals surface area contributed by atoms with Crippen LogP contribution in [0.4, 0.5) is 10.3 Å². The number of halogens is 1. The van der Waals surface area contributed by atoms with Crippen molar-refractivity contribution >= 4 is 5.88 Å². The van der Waals surface area contributed by atoms with Gasteiger partial charge in [0.2, 0.25) is 5.88 Å². The monoisotopic (exact) mass is 220 g/mol. The Morgan fingerprint density at radius 1 is 1.31 bits per heavy atom. The van der Waals surface area contributed by atoms with Crippen LogP contribution >= 0.6 is 0 Å². The Morgan fingerprint density at radius 3 is 2.62 bits per heavy atom. The number of hydrogen-bond donors (Lipinski definition) is 1. The zero-order valence-corrected chi connectivity index (χ0v) is 9.20. The fraction of sp³-hybridized carbons (Fsp3) is 0.250. The number of hydrogen-bond acceptors (Lipinski definition) is 3. The second-order valence-corrected chi connectivity index (χ2v) is 4.17.